The summed E-state index contributed by atoms with van der Waals surface area (Å²) >= 11 is 0. The molecule has 1 aromatic rings. The molecule has 0 aliphatic carbocycles. The highest BCUT2D eigenvalue weighted by Gasteiger charge is 2.19. The molecule has 3 nitrogen and oxygen atoms in total. The Labute approximate surface area is 123 Å². The standard InChI is InChI=1S/C17H28N2O/c1-14(2)11-16-13-19(10-6-9-18-16)12-15-7-4-5-8-17(15)20-3/h4-5,7-8,14,16,18H,6,9-13H2,1-3H3. The number of nitrogens with one attached hydrogen (secondary N) is 1. The molecular formula is C17H28N2O. The number of methoxy groups -OCH3 is 1. The van der Waals surface area contributed by atoms with Gasteiger partial charge in [0.05, 0.1) is 7.11 Å². The van der Waals surface area contributed by atoms with Gasteiger partial charge >= 0.3 is 0 Å². The second kappa shape index (κ2) is 7.65. The van der Waals surface area contributed by atoms with Crippen LogP contribution in [0.4, 0.5) is 0 Å². The van der Waals surface area contributed by atoms with Gasteiger partial charge in [-0.1, -0.05) is 32.0 Å². The van der Waals surface area contributed by atoms with Gasteiger partial charge in [0.15, 0.2) is 0 Å². The van der Waals surface area contributed by atoms with Crippen LogP contribution >= 0.6 is 0 Å². The van der Waals surface area contributed by atoms with Gasteiger partial charge in [-0.05, 0) is 37.9 Å². The van der Waals surface area contributed by atoms with E-state index in [1.807, 2.05) is 6.07 Å². The molecule has 0 amide bonds. The molecule has 1 saturated heterocycles. The maximum absolute atomic E-state index is 5.47. The molecule has 1 N–H and O–H groups in total. The van der Waals surface area contributed by atoms with Gasteiger partial charge < -0.3 is 10.1 Å². The van der Waals surface area contributed by atoms with Crippen molar-refractivity contribution in [3.05, 3.63) is 29.8 Å². The second-order valence-electron chi connectivity index (χ2n) is 6.18. The third kappa shape index (κ3) is 4.50. The molecule has 20 heavy (non-hydrogen) atoms. The van der Waals surface area contributed by atoms with Crippen LogP contribution in [-0.4, -0.2) is 37.7 Å². The summed E-state index contributed by atoms with van der Waals surface area (Å²) in [4.78, 5) is 2.56. The molecule has 0 radical (unpaired) electrons. The molecule has 0 spiro atoms. The maximum Gasteiger partial charge on any atom is 0.123 e. The minimum Gasteiger partial charge on any atom is -0.496 e. The zero-order valence-electron chi connectivity index (χ0n) is 13.1. The average molecular weight is 276 g/mol. The van der Waals surface area contributed by atoms with E-state index in [2.05, 4.69) is 42.3 Å². The molecule has 1 aliphatic rings. The summed E-state index contributed by atoms with van der Waals surface area (Å²) in [5.74, 6) is 1.75. The van der Waals surface area contributed by atoms with Gasteiger partial charge in [0.1, 0.15) is 5.75 Å². The maximum atomic E-state index is 5.47. The smallest absolute Gasteiger partial charge is 0.123 e. The van der Waals surface area contributed by atoms with Crippen molar-refractivity contribution in [3.63, 3.8) is 0 Å². The predicted molar refractivity (Wildman–Crippen MR) is 84.1 cm³/mol. The van der Waals surface area contributed by atoms with Crippen molar-refractivity contribution in [1.29, 1.82) is 0 Å². The summed E-state index contributed by atoms with van der Waals surface area (Å²) < 4.78 is 5.47. The van der Waals surface area contributed by atoms with E-state index in [1.54, 1.807) is 7.11 Å². The molecular weight excluding hydrogens is 248 g/mol. The molecule has 1 heterocycles. The Kier molecular flexibility index (Phi) is 5.86. The van der Waals surface area contributed by atoms with Crippen LogP contribution in [0.1, 0.15) is 32.3 Å². The summed E-state index contributed by atoms with van der Waals surface area (Å²) in [6.07, 6.45) is 2.48. The predicted octanol–water partition coefficient (Wildman–Crippen LogP) is 2.91. The van der Waals surface area contributed by atoms with Crippen LogP contribution in [0.25, 0.3) is 0 Å². The highest BCUT2D eigenvalue weighted by molar-refractivity contribution is 5.33. The third-order valence-corrected chi connectivity index (χ3v) is 3.91. The fraction of sp³-hybridized carbons (Fsp3) is 0.647. The summed E-state index contributed by atoms with van der Waals surface area (Å²) in [7, 11) is 1.75. The molecule has 0 saturated carbocycles. The lowest BCUT2D eigenvalue weighted by molar-refractivity contribution is 0.244. The lowest BCUT2D eigenvalue weighted by Gasteiger charge is -2.26. The molecule has 2 rings (SSSR count). The van der Waals surface area contributed by atoms with Gasteiger partial charge in [0, 0.05) is 24.7 Å². The van der Waals surface area contributed by atoms with Gasteiger partial charge in [-0.3, -0.25) is 4.90 Å². The van der Waals surface area contributed by atoms with Crippen LogP contribution in [0, 0.1) is 5.92 Å². The lowest BCUT2D eigenvalue weighted by atomic mass is 10.0. The quantitative estimate of drug-likeness (QED) is 0.895. The number of hydrogen-bond donors (Lipinski definition) is 1. The molecule has 1 unspecified atom stereocenters. The Morgan fingerprint density at radius 1 is 1.35 bits per heavy atom. The fourth-order valence-corrected chi connectivity index (χ4v) is 3.02. The number of hydrogen-bond acceptors (Lipinski definition) is 3. The number of rotatable bonds is 5. The lowest BCUT2D eigenvalue weighted by Crippen LogP contribution is -2.38. The van der Waals surface area contributed by atoms with E-state index in [1.165, 1.54) is 24.9 Å². The molecule has 1 aromatic carbocycles. The van der Waals surface area contributed by atoms with Gasteiger partial charge in [0.2, 0.25) is 0 Å². The molecule has 1 aliphatic heterocycles. The zero-order valence-corrected chi connectivity index (χ0v) is 13.1. The Morgan fingerprint density at radius 2 is 2.15 bits per heavy atom. The van der Waals surface area contributed by atoms with Crippen LogP contribution in [0.15, 0.2) is 24.3 Å². The Morgan fingerprint density at radius 3 is 2.90 bits per heavy atom. The molecule has 1 atom stereocenters. The van der Waals surface area contributed by atoms with Crippen LogP contribution in [0.3, 0.4) is 0 Å². The first-order valence-corrected chi connectivity index (χ1v) is 7.76. The summed E-state index contributed by atoms with van der Waals surface area (Å²) in [5.41, 5.74) is 1.29. The molecule has 1 fully saturated rings. The van der Waals surface area contributed by atoms with Crippen molar-refractivity contribution >= 4 is 0 Å². The van der Waals surface area contributed by atoms with Crippen LogP contribution < -0.4 is 10.1 Å². The van der Waals surface area contributed by atoms with E-state index in [4.69, 9.17) is 4.74 Å². The highest BCUT2D eigenvalue weighted by Crippen LogP contribution is 2.20. The fourth-order valence-electron chi connectivity index (χ4n) is 3.02. The number of benzene rings is 1. The van der Waals surface area contributed by atoms with Crippen LogP contribution in [0.2, 0.25) is 0 Å². The van der Waals surface area contributed by atoms with E-state index in [0.29, 0.717) is 6.04 Å². The van der Waals surface area contributed by atoms with Crippen LogP contribution in [0.5, 0.6) is 5.75 Å². The minimum absolute atomic E-state index is 0.618. The summed E-state index contributed by atoms with van der Waals surface area (Å²) in [5, 5.41) is 3.68. The van der Waals surface area contributed by atoms with Gasteiger partial charge in [-0.2, -0.15) is 0 Å². The average Bonchev–Trinajstić information content (AvgIpc) is 2.64. The number of nitrogens with zero attached hydrogens (tertiary/aromatic N) is 1. The van der Waals surface area contributed by atoms with E-state index < -0.39 is 0 Å². The number of ether oxygens (including phenoxy) is 1. The van der Waals surface area contributed by atoms with Crippen molar-refractivity contribution < 1.29 is 4.74 Å². The van der Waals surface area contributed by atoms with Crippen molar-refractivity contribution in [1.82, 2.24) is 10.2 Å². The first-order chi connectivity index (χ1) is 9.69. The van der Waals surface area contributed by atoms with E-state index >= 15 is 0 Å². The normalized spacial score (nSPS) is 20.9. The SMILES string of the molecule is COc1ccccc1CN1CCCNC(CC(C)C)C1. The largest absolute Gasteiger partial charge is 0.496 e. The summed E-state index contributed by atoms with van der Waals surface area (Å²) in [6.45, 7) is 9.03. The third-order valence-electron chi connectivity index (χ3n) is 3.91. The van der Waals surface area contributed by atoms with Crippen molar-refractivity contribution in [2.45, 2.75) is 39.3 Å². The van der Waals surface area contributed by atoms with Crippen molar-refractivity contribution in [3.8, 4) is 5.75 Å². The Hall–Kier alpha value is -1.06. The van der Waals surface area contributed by atoms with E-state index in [9.17, 15) is 0 Å². The monoisotopic (exact) mass is 276 g/mol. The zero-order chi connectivity index (χ0) is 14.4. The van der Waals surface area contributed by atoms with Crippen molar-refractivity contribution in [2.75, 3.05) is 26.7 Å². The first-order valence-electron chi connectivity index (χ1n) is 7.76. The second-order valence-corrected chi connectivity index (χ2v) is 6.18. The molecule has 3 heteroatoms. The molecule has 0 bridgehead atoms. The number of para-hydroxylation sites is 1. The Bertz CT molecular complexity index is 406. The molecule has 0 aromatic heterocycles. The van der Waals surface area contributed by atoms with Crippen molar-refractivity contribution in [2.24, 2.45) is 5.92 Å². The first kappa shape index (κ1) is 15.3. The summed E-state index contributed by atoms with van der Waals surface area (Å²) in [6, 6.07) is 8.98. The van der Waals surface area contributed by atoms with E-state index in [-0.39, 0.29) is 0 Å². The topological polar surface area (TPSA) is 24.5 Å². The van der Waals surface area contributed by atoms with Crippen LogP contribution in [-0.2, 0) is 6.54 Å². The minimum atomic E-state index is 0.618. The Balaban J connectivity index is 1.99. The van der Waals surface area contributed by atoms with Gasteiger partial charge in [-0.15, -0.1) is 0 Å². The van der Waals surface area contributed by atoms with E-state index in [0.717, 1.165) is 31.3 Å². The highest BCUT2D eigenvalue weighted by atomic mass is 16.5. The molecule has 112 valence electrons. The van der Waals surface area contributed by atoms with Gasteiger partial charge in [0.25, 0.3) is 0 Å². The van der Waals surface area contributed by atoms with Gasteiger partial charge in [-0.25, -0.2) is 0 Å².